The van der Waals surface area contributed by atoms with Gasteiger partial charge in [0.2, 0.25) is 0 Å². The van der Waals surface area contributed by atoms with E-state index in [0.717, 1.165) is 34.0 Å². The lowest BCUT2D eigenvalue weighted by molar-refractivity contribution is -0.0505. The van der Waals surface area contributed by atoms with Gasteiger partial charge in [-0.1, -0.05) is 127 Å². The van der Waals surface area contributed by atoms with Gasteiger partial charge in [-0.15, -0.1) is 0 Å². The van der Waals surface area contributed by atoms with Crippen molar-refractivity contribution in [3.8, 4) is 39.5 Å². The number of phenols is 1. The molecule has 0 aromatic heterocycles. The molecular weight excluding hydrogens is 807 g/mol. The number of aromatic hydroxyl groups is 1. The standard InChI is InChI=1S/C22H12F6O6S2.C21H16O/c23-21(24,25)35(29,30)33-17-11-9-13-5-1-3-7-15(13)19(17)20-16-8-4-2-6-14(16)10-12-18(20)34-36(31,32)22(26,27)28;1-14-10-11-15-6-2-4-8-17(15)20(14)21-18-9-5-3-7-16(18)12-13-19(21)22/h1-12H;2-13,22H,1H3. The largest absolute Gasteiger partial charge is 0.534 e. The maximum Gasteiger partial charge on any atom is 0.534 e. The van der Waals surface area contributed by atoms with Crippen LogP contribution in [0.15, 0.2) is 146 Å². The van der Waals surface area contributed by atoms with Crippen LogP contribution in [0.2, 0.25) is 0 Å². The summed E-state index contributed by atoms with van der Waals surface area (Å²) in [5, 5.41) is 15.9. The van der Waals surface area contributed by atoms with E-state index in [-0.39, 0.29) is 10.8 Å². The van der Waals surface area contributed by atoms with Gasteiger partial charge in [0.15, 0.2) is 11.5 Å². The van der Waals surface area contributed by atoms with E-state index in [4.69, 9.17) is 0 Å². The number of halogens is 6. The van der Waals surface area contributed by atoms with E-state index < -0.39 is 53.9 Å². The Bertz CT molecular complexity index is 2900. The van der Waals surface area contributed by atoms with Crippen LogP contribution < -0.4 is 8.37 Å². The van der Waals surface area contributed by atoms with Crippen LogP contribution in [-0.2, 0) is 20.2 Å². The van der Waals surface area contributed by atoms with Gasteiger partial charge in [0.25, 0.3) is 0 Å². The molecule has 296 valence electrons. The molecule has 7 nitrogen and oxygen atoms in total. The summed E-state index contributed by atoms with van der Waals surface area (Å²) in [6.07, 6.45) is 0. The van der Waals surface area contributed by atoms with Crippen LogP contribution in [0.4, 0.5) is 26.3 Å². The Kier molecular flexibility index (Phi) is 10.2. The zero-order chi connectivity index (χ0) is 41.6. The molecule has 0 saturated heterocycles. The molecule has 0 fully saturated rings. The van der Waals surface area contributed by atoms with Crippen molar-refractivity contribution in [1.82, 2.24) is 0 Å². The Hall–Kier alpha value is -6.32. The van der Waals surface area contributed by atoms with Gasteiger partial charge in [-0.05, 0) is 79.3 Å². The lowest BCUT2D eigenvalue weighted by Crippen LogP contribution is -2.28. The molecule has 0 amide bonds. The highest BCUT2D eigenvalue weighted by Gasteiger charge is 2.50. The van der Waals surface area contributed by atoms with Crippen molar-refractivity contribution in [3.63, 3.8) is 0 Å². The van der Waals surface area contributed by atoms with Crippen LogP contribution in [-0.4, -0.2) is 33.0 Å². The highest BCUT2D eigenvalue weighted by molar-refractivity contribution is 7.88. The normalized spacial score (nSPS) is 12.4. The van der Waals surface area contributed by atoms with Gasteiger partial charge < -0.3 is 13.5 Å². The molecule has 15 heteroatoms. The van der Waals surface area contributed by atoms with Gasteiger partial charge in [-0.25, -0.2) is 0 Å². The van der Waals surface area contributed by atoms with Crippen LogP contribution in [0.25, 0.3) is 65.3 Å². The van der Waals surface area contributed by atoms with Crippen LogP contribution >= 0.6 is 0 Å². The highest BCUT2D eigenvalue weighted by Crippen LogP contribution is 2.48. The van der Waals surface area contributed by atoms with Crippen molar-refractivity contribution in [2.75, 3.05) is 0 Å². The number of aryl methyl sites for hydroxylation is 1. The van der Waals surface area contributed by atoms with Gasteiger partial charge in [0.1, 0.15) is 5.75 Å². The topological polar surface area (TPSA) is 107 Å². The first-order chi connectivity index (χ1) is 27.4. The lowest BCUT2D eigenvalue weighted by Gasteiger charge is -2.19. The third-order valence-electron chi connectivity index (χ3n) is 9.29. The van der Waals surface area contributed by atoms with Gasteiger partial charge >= 0.3 is 31.3 Å². The second kappa shape index (κ2) is 14.9. The molecule has 0 atom stereocenters. The van der Waals surface area contributed by atoms with Crippen LogP contribution in [0, 0.1) is 6.92 Å². The fourth-order valence-electron chi connectivity index (χ4n) is 6.72. The summed E-state index contributed by atoms with van der Waals surface area (Å²) < 4.78 is 135. The Morgan fingerprint density at radius 1 is 0.414 bits per heavy atom. The van der Waals surface area contributed by atoms with Gasteiger partial charge in [-0.3, -0.25) is 0 Å². The Balaban J connectivity index is 0.000000197. The molecule has 1 N–H and O–H groups in total. The SMILES string of the molecule is Cc1ccc2ccccc2c1-c1c(O)ccc2ccccc12.O=S(=O)(Oc1ccc2ccccc2c1-c1c(OS(=O)(=O)C(F)(F)F)ccc2ccccc12)C(F)(F)F. The molecule has 0 aliphatic carbocycles. The summed E-state index contributed by atoms with van der Waals surface area (Å²) in [5.41, 5.74) is -9.29. The number of phenolic OH excluding ortho intramolecular Hbond substituents is 1. The van der Waals surface area contributed by atoms with E-state index in [0.29, 0.717) is 16.5 Å². The predicted octanol–water partition coefficient (Wildman–Crippen LogP) is 11.8. The van der Waals surface area contributed by atoms with Crippen LogP contribution in [0.3, 0.4) is 0 Å². The summed E-state index contributed by atoms with van der Waals surface area (Å²) in [6.45, 7) is 2.10. The van der Waals surface area contributed by atoms with E-state index >= 15 is 0 Å². The van der Waals surface area contributed by atoms with E-state index in [1.54, 1.807) is 18.2 Å². The average Bonchev–Trinajstić information content (AvgIpc) is 3.17. The second-order valence-electron chi connectivity index (χ2n) is 12.9. The lowest BCUT2D eigenvalue weighted by atomic mass is 9.90. The third kappa shape index (κ3) is 7.45. The summed E-state index contributed by atoms with van der Waals surface area (Å²) in [4.78, 5) is 0. The number of hydrogen-bond donors (Lipinski definition) is 1. The zero-order valence-electron chi connectivity index (χ0n) is 29.8. The second-order valence-corrected chi connectivity index (χ2v) is 16.0. The van der Waals surface area contributed by atoms with Gasteiger partial charge in [-0.2, -0.15) is 43.2 Å². The fourth-order valence-corrected chi connectivity index (χ4v) is 7.66. The van der Waals surface area contributed by atoms with E-state index in [1.807, 2.05) is 30.3 Å². The molecule has 0 radical (unpaired) electrons. The number of alkyl halides is 6. The molecule has 0 unspecified atom stereocenters. The summed E-state index contributed by atoms with van der Waals surface area (Å²) >= 11 is 0. The van der Waals surface area contributed by atoms with Crippen molar-refractivity contribution in [2.24, 2.45) is 0 Å². The number of fused-ring (bicyclic) bond motifs is 4. The first kappa shape index (κ1) is 39.9. The monoisotopic (exact) mass is 834 g/mol. The van der Waals surface area contributed by atoms with Crippen molar-refractivity contribution in [2.45, 2.75) is 17.9 Å². The number of hydrogen-bond acceptors (Lipinski definition) is 7. The molecule has 0 spiro atoms. The van der Waals surface area contributed by atoms with E-state index in [2.05, 4.69) is 51.7 Å². The van der Waals surface area contributed by atoms with E-state index in [1.165, 1.54) is 64.9 Å². The Morgan fingerprint density at radius 2 is 0.724 bits per heavy atom. The third-order valence-corrected chi connectivity index (χ3v) is 11.2. The summed E-state index contributed by atoms with van der Waals surface area (Å²) in [6, 6.07) is 40.4. The Morgan fingerprint density at radius 3 is 1.10 bits per heavy atom. The van der Waals surface area contributed by atoms with E-state index in [9.17, 15) is 48.3 Å². The van der Waals surface area contributed by atoms with Crippen molar-refractivity contribution < 1.29 is 56.7 Å². The highest BCUT2D eigenvalue weighted by atomic mass is 32.2. The predicted molar refractivity (Wildman–Crippen MR) is 211 cm³/mol. The minimum absolute atomic E-state index is 0.0537. The molecule has 8 aromatic rings. The molecule has 0 heterocycles. The number of rotatable bonds is 6. The molecule has 0 aliphatic heterocycles. The molecule has 8 aromatic carbocycles. The number of benzene rings is 8. The summed E-state index contributed by atoms with van der Waals surface area (Å²) in [7, 11) is -12.4. The van der Waals surface area contributed by atoms with Crippen LogP contribution in [0.1, 0.15) is 5.56 Å². The first-order valence-electron chi connectivity index (χ1n) is 17.1. The van der Waals surface area contributed by atoms with Crippen LogP contribution in [0.5, 0.6) is 17.2 Å². The molecule has 8 rings (SSSR count). The van der Waals surface area contributed by atoms with Gasteiger partial charge in [0.05, 0.1) is 0 Å². The molecule has 0 aliphatic rings. The molecule has 0 bridgehead atoms. The van der Waals surface area contributed by atoms with Gasteiger partial charge in [0, 0.05) is 16.7 Å². The average molecular weight is 835 g/mol. The Labute approximate surface area is 327 Å². The van der Waals surface area contributed by atoms with Crippen molar-refractivity contribution in [1.29, 1.82) is 0 Å². The smallest absolute Gasteiger partial charge is 0.507 e. The minimum atomic E-state index is -6.21. The quantitative estimate of drug-likeness (QED) is 0.101. The minimum Gasteiger partial charge on any atom is -0.507 e. The maximum absolute atomic E-state index is 13.1. The molecule has 58 heavy (non-hydrogen) atoms. The molecular formula is C43H28F6O7S2. The first-order valence-corrected chi connectivity index (χ1v) is 19.9. The zero-order valence-corrected chi connectivity index (χ0v) is 31.5. The molecule has 0 saturated carbocycles. The fraction of sp³-hybridized carbons (Fsp3) is 0.0698. The maximum atomic E-state index is 13.1. The van der Waals surface area contributed by atoms with Crippen molar-refractivity contribution in [3.05, 3.63) is 151 Å². The van der Waals surface area contributed by atoms with Crippen molar-refractivity contribution >= 4 is 63.3 Å². The summed E-state index contributed by atoms with van der Waals surface area (Å²) in [5.74, 6) is -1.48.